The molecule has 0 spiro atoms. The molecule has 134 valence electrons. The fraction of sp³-hybridized carbons (Fsp3) is 0.478. The Labute approximate surface area is 152 Å². The van der Waals surface area contributed by atoms with Gasteiger partial charge in [-0.3, -0.25) is 0 Å². The van der Waals surface area contributed by atoms with Crippen LogP contribution >= 0.6 is 0 Å². The lowest BCUT2D eigenvalue weighted by Gasteiger charge is -2.15. The highest BCUT2D eigenvalue weighted by Gasteiger charge is 2.08. The fourth-order valence-corrected chi connectivity index (χ4v) is 3.79. The van der Waals surface area contributed by atoms with Gasteiger partial charge in [0.15, 0.2) is 0 Å². The maximum absolute atomic E-state index is 2.51. The molecule has 0 amide bonds. The summed E-state index contributed by atoms with van der Waals surface area (Å²) in [5.41, 5.74) is 2.76. The summed E-state index contributed by atoms with van der Waals surface area (Å²) in [6.45, 7) is 5.88. The number of aryl methyl sites for hydroxylation is 1. The number of benzene rings is 2. The Morgan fingerprint density at radius 3 is 1.92 bits per heavy atom. The van der Waals surface area contributed by atoms with E-state index < -0.39 is 0 Å². The highest BCUT2D eigenvalue weighted by atomic mass is 15.1. The molecule has 0 fully saturated rings. The van der Waals surface area contributed by atoms with Gasteiger partial charge in [-0.05, 0) is 51.5 Å². The van der Waals surface area contributed by atoms with E-state index in [0.29, 0.717) is 0 Å². The number of unbranched alkanes of at least 4 members (excludes halogenated alkanes) is 4. The first-order valence-electron chi connectivity index (χ1n) is 9.95. The summed E-state index contributed by atoms with van der Waals surface area (Å²) < 4.78 is 2.51. The zero-order valence-electron chi connectivity index (χ0n) is 15.9. The van der Waals surface area contributed by atoms with Crippen LogP contribution < -0.4 is 0 Å². The number of para-hydroxylation sites is 2. The molecular formula is C23H32N2. The third kappa shape index (κ3) is 4.43. The Kier molecular flexibility index (Phi) is 6.52. The second kappa shape index (κ2) is 9.05. The second-order valence-corrected chi connectivity index (χ2v) is 7.26. The first-order valence-corrected chi connectivity index (χ1v) is 9.95. The van der Waals surface area contributed by atoms with Gasteiger partial charge in [0.1, 0.15) is 0 Å². The molecule has 1 heterocycles. The van der Waals surface area contributed by atoms with Gasteiger partial charge in [0.05, 0.1) is 0 Å². The van der Waals surface area contributed by atoms with E-state index in [1.807, 2.05) is 0 Å². The van der Waals surface area contributed by atoms with E-state index in [9.17, 15) is 0 Å². The minimum absolute atomic E-state index is 1.12. The van der Waals surface area contributed by atoms with Crippen molar-refractivity contribution in [3.63, 3.8) is 0 Å². The Morgan fingerprint density at radius 1 is 0.720 bits per heavy atom. The van der Waals surface area contributed by atoms with E-state index in [4.69, 9.17) is 0 Å². The maximum Gasteiger partial charge on any atom is 0.0491 e. The molecule has 2 heteroatoms. The molecule has 0 atom stereocenters. The van der Waals surface area contributed by atoms with Gasteiger partial charge in [-0.15, -0.1) is 0 Å². The zero-order valence-corrected chi connectivity index (χ0v) is 15.9. The van der Waals surface area contributed by atoms with Gasteiger partial charge in [0, 0.05) is 28.4 Å². The summed E-state index contributed by atoms with van der Waals surface area (Å²) in [5.74, 6) is 0. The van der Waals surface area contributed by atoms with Crippen LogP contribution in [0.15, 0.2) is 48.5 Å². The molecule has 1 aromatic heterocycles. The van der Waals surface area contributed by atoms with Crippen LogP contribution in [0, 0.1) is 0 Å². The van der Waals surface area contributed by atoms with Crippen molar-refractivity contribution in [1.82, 2.24) is 9.47 Å². The molecule has 0 N–H and O–H groups in total. The summed E-state index contributed by atoms with van der Waals surface area (Å²) in [7, 11) is 2.26. The van der Waals surface area contributed by atoms with Crippen LogP contribution in [0.3, 0.4) is 0 Å². The third-order valence-electron chi connectivity index (χ3n) is 5.24. The molecule has 25 heavy (non-hydrogen) atoms. The molecule has 0 aliphatic heterocycles. The summed E-state index contributed by atoms with van der Waals surface area (Å²) in [4.78, 5) is 2.48. The summed E-state index contributed by atoms with van der Waals surface area (Å²) in [6, 6.07) is 17.6. The molecule has 0 bridgehead atoms. The molecule has 0 aliphatic carbocycles. The Balaban J connectivity index is 1.53. The van der Waals surface area contributed by atoms with Crippen LogP contribution in [0.5, 0.6) is 0 Å². The lowest BCUT2D eigenvalue weighted by Crippen LogP contribution is -2.20. The highest BCUT2D eigenvalue weighted by molar-refractivity contribution is 6.07. The molecule has 2 nitrogen and oxygen atoms in total. The molecule has 2 aromatic carbocycles. The van der Waals surface area contributed by atoms with E-state index in [-0.39, 0.29) is 0 Å². The molecular weight excluding hydrogens is 304 g/mol. The topological polar surface area (TPSA) is 8.17 Å². The predicted octanol–water partition coefficient (Wildman–Crippen LogP) is 6.09. The van der Waals surface area contributed by atoms with Crippen molar-refractivity contribution in [2.24, 2.45) is 0 Å². The number of aromatic nitrogens is 1. The van der Waals surface area contributed by atoms with Crippen molar-refractivity contribution in [2.45, 2.75) is 52.0 Å². The van der Waals surface area contributed by atoms with Gasteiger partial charge in [0.2, 0.25) is 0 Å². The van der Waals surface area contributed by atoms with Gasteiger partial charge in [0.25, 0.3) is 0 Å². The average Bonchev–Trinajstić information content (AvgIpc) is 2.97. The molecule has 0 aliphatic rings. The number of rotatable bonds is 10. The number of fused-ring (bicyclic) bond motifs is 3. The van der Waals surface area contributed by atoms with Crippen molar-refractivity contribution in [2.75, 3.05) is 20.1 Å². The first kappa shape index (κ1) is 18.0. The highest BCUT2D eigenvalue weighted by Crippen LogP contribution is 2.29. The van der Waals surface area contributed by atoms with Crippen LogP contribution in [0.4, 0.5) is 0 Å². The van der Waals surface area contributed by atoms with Crippen molar-refractivity contribution >= 4 is 21.8 Å². The third-order valence-corrected chi connectivity index (χ3v) is 5.24. The molecule has 0 saturated carbocycles. The molecule has 0 unspecified atom stereocenters. The minimum Gasteiger partial charge on any atom is -0.340 e. The second-order valence-electron chi connectivity index (χ2n) is 7.26. The van der Waals surface area contributed by atoms with Crippen LogP contribution in [-0.4, -0.2) is 29.6 Å². The lowest BCUT2D eigenvalue weighted by molar-refractivity contribution is 0.318. The summed E-state index contributed by atoms with van der Waals surface area (Å²) in [6.07, 6.45) is 7.87. The Morgan fingerprint density at radius 2 is 1.28 bits per heavy atom. The quantitative estimate of drug-likeness (QED) is 0.407. The van der Waals surface area contributed by atoms with Gasteiger partial charge in [-0.25, -0.2) is 0 Å². The molecule has 3 aromatic rings. The predicted molar refractivity (Wildman–Crippen MR) is 110 cm³/mol. The first-order chi connectivity index (χ1) is 12.3. The maximum atomic E-state index is 2.51. The Hall–Kier alpha value is -1.80. The summed E-state index contributed by atoms with van der Waals surface area (Å²) in [5, 5.41) is 2.77. The van der Waals surface area contributed by atoms with Crippen molar-refractivity contribution in [1.29, 1.82) is 0 Å². The van der Waals surface area contributed by atoms with E-state index in [1.54, 1.807) is 0 Å². The normalized spacial score (nSPS) is 11.8. The average molecular weight is 337 g/mol. The van der Waals surface area contributed by atoms with Crippen molar-refractivity contribution in [3.05, 3.63) is 48.5 Å². The van der Waals surface area contributed by atoms with Crippen molar-refractivity contribution in [3.8, 4) is 0 Å². The Bertz CT molecular complexity index is 734. The van der Waals surface area contributed by atoms with Gasteiger partial charge in [-0.2, -0.15) is 0 Å². The van der Waals surface area contributed by atoms with E-state index in [0.717, 1.165) is 6.54 Å². The van der Waals surface area contributed by atoms with E-state index >= 15 is 0 Å². The monoisotopic (exact) mass is 336 g/mol. The number of hydrogen-bond donors (Lipinski definition) is 0. The smallest absolute Gasteiger partial charge is 0.0491 e. The lowest BCUT2D eigenvalue weighted by atomic mass is 10.2. The van der Waals surface area contributed by atoms with Crippen LogP contribution in [-0.2, 0) is 6.54 Å². The number of nitrogens with zero attached hydrogens (tertiary/aromatic N) is 2. The van der Waals surface area contributed by atoms with Crippen molar-refractivity contribution < 1.29 is 0 Å². The molecule has 3 rings (SSSR count). The van der Waals surface area contributed by atoms with Gasteiger partial charge >= 0.3 is 0 Å². The minimum atomic E-state index is 1.12. The van der Waals surface area contributed by atoms with Gasteiger partial charge in [-0.1, -0.05) is 62.6 Å². The largest absolute Gasteiger partial charge is 0.340 e. The van der Waals surface area contributed by atoms with Gasteiger partial charge < -0.3 is 9.47 Å². The standard InChI is InChI=1S/C23H32N2/c1-3-4-17-24(2)18-11-5-6-12-19-25-22-15-9-7-13-20(22)21-14-8-10-16-23(21)25/h7-10,13-16H,3-6,11-12,17-19H2,1-2H3. The van der Waals surface area contributed by atoms with Crippen LogP contribution in [0.25, 0.3) is 21.8 Å². The molecule has 0 saturated heterocycles. The zero-order chi connectivity index (χ0) is 17.5. The molecule has 0 radical (unpaired) electrons. The number of hydrogen-bond acceptors (Lipinski definition) is 1. The van der Waals surface area contributed by atoms with E-state index in [2.05, 4.69) is 72.0 Å². The summed E-state index contributed by atoms with van der Waals surface area (Å²) >= 11 is 0. The van der Waals surface area contributed by atoms with E-state index in [1.165, 1.54) is 73.4 Å². The fourth-order valence-electron chi connectivity index (χ4n) is 3.79. The van der Waals surface area contributed by atoms with Crippen LogP contribution in [0.2, 0.25) is 0 Å². The SMILES string of the molecule is CCCCN(C)CCCCCCn1c2ccccc2c2ccccc21. The van der Waals surface area contributed by atoms with Crippen LogP contribution in [0.1, 0.15) is 45.4 Å².